The number of rotatable bonds is 4. The van der Waals surface area contributed by atoms with Crippen LogP contribution in [0.3, 0.4) is 0 Å². The summed E-state index contributed by atoms with van der Waals surface area (Å²) in [6.45, 7) is 0.920. The third-order valence-electron chi connectivity index (χ3n) is 2.57. The Kier molecular flexibility index (Phi) is 4.44. The maximum Gasteiger partial charge on any atom is 0.127 e. The number of nitrogens with one attached hydrogen (secondary N) is 1. The summed E-state index contributed by atoms with van der Waals surface area (Å²) in [4.78, 5) is 0. The Labute approximate surface area is 113 Å². The Balaban J connectivity index is 1.92. The van der Waals surface area contributed by atoms with Gasteiger partial charge < -0.3 is 5.32 Å². The molecule has 1 N–H and O–H groups in total. The molecule has 0 atom stereocenters. The minimum atomic E-state index is -0.420. The van der Waals surface area contributed by atoms with E-state index in [1.165, 1.54) is 6.07 Å². The van der Waals surface area contributed by atoms with Gasteiger partial charge in [-0.15, -0.1) is 0 Å². The predicted molar refractivity (Wildman–Crippen MR) is 71.0 cm³/mol. The molecule has 0 heterocycles. The molecule has 0 amide bonds. The molecule has 94 valence electrons. The first-order chi connectivity index (χ1) is 8.65. The smallest absolute Gasteiger partial charge is 0.127 e. The first-order valence-corrected chi connectivity index (χ1v) is 6.33. The lowest BCUT2D eigenvalue weighted by Crippen LogP contribution is -2.13. The quantitative estimate of drug-likeness (QED) is 0.899. The molecule has 0 saturated carbocycles. The Morgan fingerprint density at radius 2 is 1.67 bits per heavy atom. The van der Waals surface area contributed by atoms with E-state index in [1.54, 1.807) is 0 Å². The molecule has 0 bridgehead atoms. The number of halogens is 3. The van der Waals surface area contributed by atoms with Crippen molar-refractivity contribution >= 4 is 15.9 Å². The molecule has 2 aromatic carbocycles. The molecule has 1 nitrogen and oxygen atoms in total. The summed E-state index contributed by atoms with van der Waals surface area (Å²) in [5.41, 5.74) is 1.43. The van der Waals surface area contributed by atoms with Crippen LogP contribution >= 0.6 is 15.9 Å². The van der Waals surface area contributed by atoms with E-state index in [4.69, 9.17) is 0 Å². The Morgan fingerprint density at radius 3 is 2.39 bits per heavy atom. The molecule has 0 fully saturated rings. The van der Waals surface area contributed by atoms with Crippen LogP contribution in [-0.4, -0.2) is 0 Å². The molecule has 0 aliphatic rings. The van der Waals surface area contributed by atoms with Gasteiger partial charge in [-0.1, -0.05) is 28.1 Å². The fourth-order valence-corrected chi connectivity index (χ4v) is 1.89. The lowest BCUT2D eigenvalue weighted by Gasteiger charge is -2.06. The van der Waals surface area contributed by atoms with Gasteiger partial charge in [0.2, 0.25) is 0 Å². The van der Waals surface area contributed by atoms with Gasteiger partial charge in [0.1, 0.15) is 11.6 Å². The van der Waals surface area contributed by atoms with Crippen molar-refractivity contribution in [2.75, 3.05) is 0 Å². The van der Waals surface area contributed by atoms with Crippen LogP contribution in [0.4, 0.5) is 8.78 Å². The van der Waals surface area contributed by atoms with E-state index < -0.39 is 5.82 Å². The third-order valence-corrected chi connectivity index (χ3v) is 3.09. The van der Waals surface area contributed by atoms with Gasteiger partial charge in [-0.05, 0) is 35.9 Å². The van der Waals surface area contributed by atoms with Crippen LogP contribution in [0.2, 0.25) is 0 Å². The van der Waals surface area contributed by atoms with E-state index in [-0.39, 0.29) is 5.82 Å². The van der Waals surface area contributed by atoms with Crippen molar-refractivity contribution in [3.8, 4) is 0 Å². The highest BCUT2D eigenvalue weighted by atomic mass is 79.9. The highest BCUT2D eigenvalue weighted by Crippen LogP contribution is 2.12. The topological polar surface area (TPSA) is 12.0 Å². The van der Waals surface area contributed by atoms with E-state index in [0.717, 1.165) is 22.2 Å². The fourth-order valence-electron chi connectivity index (χ4n) is 1.62. The molecule has 0 aliphatic carbocycles. The van der Waals surface area contributed by atoms with Gasteiger partial charge >= 0.3 is 0 Å². The molecule has 0 unspecified atom stereocenters. The number of benzene rings is 2. The van der Waals surface area contributed by atoms with Crippen molar-refractivity contribution in [2.45, 2.75) is 13.1 Å². The number of hydrogen-bond acceptors (Lipinski definition) is 1. The summed E-state index contributed by atoms with van der Waals surface area (Å²) in [6, 6.07) is 11.3. The molecule has 18 heavy (non-hydrogen) atoms. The molecular weight excluding hydrogens is 300 g/mol. The average Bonchev–Trinajstić information content (AvgIpc) is 2.36. The van der Waals surface area contributed by atoms with Gasteiger partial charge in [0.25, 0.3) is 0 Å². The van der Waals surface area contributed by atoms with E-state index in [0.29, 0.717) is 18.7 Å². The van der Waals surface area contributed by atoms with Crippen LogP contribution in [0.1, 0.15) is 11.1 Å². The van der Waals surface area contributed by atoms with Crippen LogP contribution in [-0.2, 0) is 13.1 Å². The van der Waals surface area contributed by atoms with Crippen molar-refractivity contribution in [2.24, 2.45) is 0 Å². The normalized spacial score (nSPS) is 10.6. The van der Waals surface area contributed by atoms with Gasteiger partial charge in [0.15, 0.2) is 0 Å². The molecule has 2 rings (SSSR count). The third kappa shape index (κ3) is 3.62. The first-order valence-electron chi connectivity index (χ1n) is 5.54. The van der Waals surface area contributed by atoms with Gasteiger partial charge in [0.05, 0.1) is 0 Å². The van der Waals surface area contributed by atoms with Crippen molar-refractivity contribution < 1.29 is 8.78 Å². The minimum absolute atomic E-state index is 0.305. The monoisotopic (exact) mass is 311 g/mol. The zero-order chi connectivity index (χ0) is 13.0. The van der Waals surface area contributed by atoms with Gasteiger partial charge in [0, 0.05) is 23.1 Å². The summed E-state index contributed by atoms with van der Waals surface area (Å²) < 4.78 is 27.3. The second-order valence-corrected chi connectivity index (χ2v) is 4.88. The Hall–Kier alpha value is -1.26. The van der Waals surface area contributed by atoms with E-state index in [9.17, 15) is 8.78 Å². The summed E-state index contributed by atoms with van der Waals surface area (Å²) >= 11 is 3.36. The summed E-state index contributed by atoms with van der Waals surface area (Å²) in [7, 11) is 0. The maximum atomic E-state index is 13.3. The minimum Gasteiger partial charge on any atom is -0.309 e. The highest BCUT2D eigenvalue weighted by molar-refractivity contribution is 9.10. The van der Waals surface area contributed by atoms with Crippen LogP contribution in [0.25, 0.3) is 0 Å². The van der Waals surface area contributed by atoms with Gasteiger partial charge in [-0.2, -0.15) is 0 Å². The standard InChI is InChI=1S/C14H12BrF2N/c15-12-3-1-10(2-4-12)8-18-9-11-7-13(16)5-6-14(11)17/h1-7,18H,8-9H2. The van der Waals surface area contributed by atoms with Crippen molar-refractivity contribution in [1.82, 2.24) is 5.32 Å². The first kappa shape index (κ1) is 13.2. The molecule has 0 aromatic heterocycles. The summed E-state index contributed by atoms with van der Waals surface area (Å²) in [5.74, 6) is -0.809. The second-order valence-electron chi connectivity index (χ2n) is 3.97. The highest BCUT2D eigenvalue weighted by Gasteiger charge is 2.03. The van der Waals surface area contributed by atoms with E-state index >= 15 is 0 Å². The van der Waals surface area contributed by atoms with Crippen LogP contribution in [0.15, 0.2) is 46.9 Å². The molecular formula is C14H12BrF2N. The van der Waals surface area contributed by atoms with Crippen molar-refractivity contribution in [1.29, 1.82) is 0 Å². The fraction of sp³-hybridized carbons (Fsp3) is 0.143. The lowest BCUT2D eigenvalue weighted by atomic mass is 10.2. The van der Waals surface area contributed by atoms with Gasteiger partial charge in [-0.25, -0.2) is 8.78 Å². The zero-order valence-corrected chi connectivity index (χ0v) is 11.2. The van der Waals surface area contributed by atoms with Crippen molar-refractivity contribution in [3.05, 3.63) is 69.7 Å². The van der Waals surface area contributed by atoms with E-state index in [1.807, 2.05) is 24.3 Å². The zero-order valence-electron chi connectivity index (χ0n) is 9.59. The van der Waals surface area contributed by atoms with Crippen LogP contribution in [0, 0.1) is 11.6 Å². The lowest BCUT2D eigenvalue weighted by molar-refractivity contribution is 0.568. The van der Waals surface area contributed by atoms with Gasteiger partial charge in [-0.3, -0.25) is 0 Å². The SMILES string of the molecule is Fc1ccc(F)c(CNCc2ccc(Br)cc2)c1. The predicted octanol–water partition coefficient (Wildman–Crippen LogP) is 4.02. The van der Waals surface area contributed by atoms with E-state index in [2.05, 4.69) is 21.2 Å². The average molecular weight is 312 g/mol. The molecule has 0 saturated heterocycles. The summed E-state index contributed by atoms with van der Waals surface area (Å²) in [6.07, 6.45) is 0. The second kappa shape index (κ2) is 6.07. The molecule has 0 radical (unpaired) electrons. The Bertz CT molecular complexity index is 526. The van der Waals surface area contributed by atoms with Crippen LogP contribution in [0.5, 0.6) is 0 Å². The largest absolute Gasteiger partial charge is 0.309 e. The molecule has 4 heteroatoms. The maximum absolute atomic E-state index is 13.3. The Morgan fingerprint density at radius 1 is 0.944 bits per heavy atom. The van der Waals surface area contributed by atoms with Crippen molar-refractivity contribution in [3.63, 3.8) is 0 Å². The molecule has 0 aliphatic heterocycles. The van der Waals surface area contributed by atoms with Crippen LogP contribution < -0.4 is 5.32 Å². The number of hydrogen-bond donors (Lipinski definition) is 1. The molecule has 0 spiro atoms. The molecule has 2 aromatic rings. The summed E-state index contributed by atoms with van der Waals surface area (Å²) in [5, 5.41) is 3.08.